The first-order chi connectivity index (χ1) is 5.33. The van der Waals surface area contributed by atoms with Crippen molar-refractivity contribution in [3.8, 4) is 0 Å². The van der Waals surface area contributed by atoms with E-state index in [1.807, 2.05) is 11.8 Å². The normalized spacial score (nSPS) is 29.6. The van der Waals surface area contributed by atoms with Crippen LogP contribution in [-0.2, 0) is 4.79 Å². The highest BCUT2D eigenvalue weighted by atomic mass is 32.2. The van der Waals surface area contributed by atoms with Gasteiger partial charge in [0.2, 0.25) is 0 Å². The Morgan fingerprint density at radius 2 is 2.09 bits per heavy atom. The van der Waals surface area contributed by atoms with Crippen molar-refractivity contribution < 1.29 is 4.79 Å². The summed E-state index contributed by atoms with van der Waals surface area (Å²) in [6, 6.07) is 0. The standard InChI is InChI=1S/C8H13NOS/c10-7-1-4-9-8(7)2-5-11-6-3-8/h9H,1-6H2. The SMILES string of the molecule is O=C1CCNC12CCSCC2. The van der Waals surface area contributed by atoms with Gasteiger partial charge in [-0.2, -0.15) is 11.8 Å². The van der Waals surface area contributed by atoms with Crippen molar-refractivity contribution in [1.29, 1.82) is 0 Å². The van der Waals surface area contributed by atoms with Crippen LogP contribution in [0.1, 0.15) is 19.3 Å². The molecule has 2 fully saturated rings. The summed E-state index contributed by atoms with van der Waals surface area (Å²) < 4.78 is 0. The molecule has 0 unspecified atom stereocenters. The average Bonchev–Trinajstić information content (AvgIpc) is 2.36. The van der Waals surface area contributed by atoms with E-state index in [0.717, 1.165) is 37.3 Å². The number of Topliss-reactive ketones (excluding diaryl/α,β-unsaturated/α-hetero) is 1. The molecule has 1 spiro atoms. The molecule has 0 aromatic heterocycles. The number of thioether (sulfide) groups is 1. The fourth-order valence-electron chi connectivity index (χ4n) is 1.93. The first kappa shape index (κ1) is 7.62. The fourth-order valence-corrected chi connectivity index (χ4v) is 3.12. The monoisotopic (exact) mass is 171 g/mol. The van der Waals surface area contributed by atoms with Crippen molar-refractivity contribution >= 4 is 17.5 Å². The van der Waals surface area contributed by atoms with Gasteiger partial charge in [-0.25, -0.2) is 0 Å². The van der Waals surface area contributed by atoms with Crippen LogP contribution in [0.3, 0.4) is 0 Å². The molecule has 62 valence electrons. The third-order valence-electron chi connectivity index (χ3n) is 2.70. The minimum atomic E-state index is -0.0781. The molecule has 2 heterocycles. The van der Waals surface area contributed by atoms with Gasteiger partial charge in [0.25, 0.3) is 0 Å². The molecule has 0 aromatic carbocycles. The van der Waals surface area contributed by atoms with Crippen molar-refractivity contribution in [3.63, 3.8) is 0 Å². The molecular formula is C8H13NOS. The second kappa shape index (κ2) is 2.79. The molecular weight excluding hydrogens is 158 g/mol. The van der Waals surface area contributed by atoms with Crippen LogP contribution in [0.15, 0.2) is 0 Å². The Morgan fingerprint density at radius 3 is 2.64 bits per heavy atom. The number of ketones is 1. The number of hydrogen-bond donors (Lipinski definition) is 1. The lowest BCUT2D eigenvalue weighted by Gasteiger charge is -2.31. The maximum atomic E-state index is 11.5. The van der Waals surface area contributed by atoms with Crippen molar-refractivity contribution in [2.24, 2.45) is 0 Å². The molecule has 11 heavy (non-hydrogen) atoms. The molecule has 2 aliphatic heterocycles. The van der Waals surface area contributed by atoms with Gasteiger partial charge in [0.15, 0.2) is 5.78 Å². The largest absolute Gasteiger partial charge is 0.304 e. The summed E-state index contributed by atoms with van der Waals surface area (Å²) in [6.07, 6.45) is 2.86. The van der Waals surface area contributed by atoms with Gasteiger partial charge < -0.3 is 5.32 Å². The highest BCUT2D eigenvalue weighted by Gasteiger charge is 2.42. The Hall–Kier alpha value is -0.0200. The molecule has 2 aliphatic rings. The molecule has 0 amide bonds. The van der Waals surface area contributed by atoms with Crippen LogP contribution in [0.2, 0.25) is 0 Å². The van der Waals surface area contributed by atoms with E-state index in [0.29, 0.717) is 5.78 Å². The van der Waals surface area contributed by atoms with Gasteiger partial charge in [-0.3, -0.25) is 4.79 Å². The molecule has 2 rings (SSSR count). The zero-order valence-electron chi connectivity index (χ0n) is 6.56. The van der Waals surface area contributed by atoms with Gasteiger partial charge in [0.05, 0.1) is 5.54 Å². The molecule has 0 atom stereocenters. The van der Waals surface area contributed by atoms with Crippen LogP contribution >= 0.6 is 11.8 Å². The predicted octanol–water partition coefficient (Wildman–Crippen LogP) is 0.815. The maximum absolute atomic E-state index is 11.5. The average molecular weight is 171 g/mol. The number of carbonyl (C=O) groups is 1. The lowest BCUT2D eigenvalue weighted by molar-refractivity contribution is -0.122. The van der Waals surface area contributed by atoms with Crippen molar-refractivity contribution in [2.75, 3.05) is 18.1 Å². The Bertz CT molecular complexity index is 175. The van der Waals surface area contributed by atoms with Crippen molar-refractivity contribution in [3.05, 3.63) is 0 Å². The first-order valence-electron chi connectivity index (χ1n) is 4.20. The first-order valence-corrected chi connectivity index (χ1v) is 5.35. The summed E-state index contributed by atoms with van der Waals surface area (Å²) in [5, 5.41) is 3.36. The van der Waals surface area contributed by atoms with E-state index in [4.69, 9.17) is 0 Å². The Morgan fingerprint density at radius 1 is 1.36 bits per heavy atom. The van der Waals surface area contributed by atoms with E-state index < -0.39 is 0 Å². The minimum absolute atomic E-state index is 0.0781. The predicted molar refractivity (Wildman–Crippen MR) is 46.9 cm³/mol. The number of rotatable bonds is 0. The van der Waals surface area contributed by atoms with Crippen LogP contribution in [0.4, 0.5) is 0 Å². The molecule has 0 saturated carbocycles. The number of carbonyl (C=O) groups excluding carboxylic acids is 1. The summed E-state index contributed by atoms with van der Waals surface area (Å²) in [5.74, 6) is 2.76. The third kappa shape index (κ3) is 1.20. The Balaban J connectivity index is 2.12. The summed E-state index contributed by atoms with van der Waals surface area (Å²) in [4.78, 5) is 11.5. The number of nitrogens with one attached hydrogen (secondary N) is 1. The topological polar surface area (TPSA) is 29.1 Å². The smallest absolute Gasteiger partial charge is 0.154 e. The van der Waals surface area contributed by atoms with Crippen LogP contribution in [-0.4, -0.2) is 29.4 Å². The highest BCUT2D eigenvalue weighted by molar-refractivity contribution is 7.99. The third-order valence-corrected chi connectivity index (χ3v) is 3.68. The summed E-state index contributed by atoms with van der Waals surface area (Å²) >= 11 is 1.97. The Kier molecular flexibility index (Phi) is 1.93. The molecule has 3 heteroatoms. The van der Waals surface area contributed by atoms with Gasteiger partial charge in [-0.15, -0.1) is 0 Å². The van der Waals surface area contributed by atoms with Gasteiger partial charge in [0, 0.05) is 13.0 Å². The molecule has 0 bridgehead atoms. The van der Waals surface area contributed by atoms with Gasteiger partial charge in [-0.05, 0) is 24.3 Å². The van der Waals surface area contributed by atoms with E-state index in [2.05, 4.69) is 5.32 Å². The second-order valence-electron chi connectivity index (χ2n) is 3.29. The van der Waals surface area contributed by atoms with Crippen LogP contribution < -0.4 is 5.32 Å². The highest BCUT2D eigenvalue weighted by Crippen LogP contribution is 2.31. The van der Waals surface area contributed by atoms with Crippen LogP contribution in [0.25, 0.3) is 0 Å². The van der Waals surface area contributed by atoms with Crippen LogP contribution in [0, 0.1) is 0 Å². The molecule has 0 aromatic rings. The second-order valence-corrected chi connectivity index (χ2v) is 4.52. The molecule has 0 radical (unpaired) electrons. The lowest BCUT2D eigenvalue weighted by Crippen LogP contribution is -2.48. The molecule has 2 nitrogen and oxygen atoms in total. The minimum Gasteiger partial charge on any atom is -0.304 e. The summed E-state index contributed by atoms with van der Waals surface area (Å²) in [7, 11) is 0. The quantitative estimate of drug-likeness (QED) is 0.585. The number of hydrogen-bond acceptors (Lipinski definition) is 3. The van der Waals surface area contributed by atoms with E-state index in [1.54, 1.807) is 0 Å². The zero-order chi connectivity index (χ0) is 7.73. The summed E-state index contributed by atoms with van der Waals surface area (Å²) in [6.45, 7) is 0.906. The lowest BCUT2D eigenvalue weighted by atomic mass is 9.89. The zero-order valence-corrected chi connectivity index (χ0v) is 7.38. The fraction of sp³-hybridized carbons (Fsp3) is 0.875. The van der Waals surface area contributed by atoms with E-state index in [-0.39, 0.29) is 5.54 Å². The van der Waals surface area contributed by atoms with Gasteiger partial charge in [-0.1, -0.05) is 0 Å². The van der Waals surface area contributed by atoms with E-state index in [1.165, 1.54) is 0 Å². The van der Waals surface area contributed by atoms with E-state index in [9.17, 15) is 4.79 Å². The molecule has 1 N–H and O–H groups in total. The van der Waals surface area contributed by atoms with Crippen molar-refractivity contribution in [1.82, 2.24) is 5.32 Å². The van der Waals surface area contributed by atoms with Gasteiger partial charge in [0.1, 0.15) is 0 Å². The molecule has 0 aliphatic carbocycles. The van der Waals surface area contributed by atoms with Crippen molar-refractivity contribution in [2.45, 2.75) is 24.8 Å². The summed E-state index contributed by atoms with van der Waals surface area (Å²) in [5.41, 5.74) is -0.0781. The van der Waals surface area contributed by atoms with Gasteiger partial charge >= 0.3 is 0 Å². The Labute approximate surface area is 71.1 Å². The van der Waals surface area contributed by atoms with Crippen LogP contribution in [0.5, 0.6) is 0 Å². The molecule has 2 saturated heterocycles. The maximum Gasteiger partial charge on any atom is 0.154 e. The van der Waals surface area contributed by atoms with E-state index >= 15 is 0 Å².